The summed E-state index contributed by atoms with van der Waals surface area (Å²) >= 11 is 0. The van der Waals surface area contributed by atoms with Crippen LogP contribution in [0.4, 0.5) is 0 Å². The highest BCUT2D eigenvalue weighted by Gasteiger charge is 2.51. The molecule has 0 amide bonds. The maximum atomic E-state index is 6.08. The standard InChI is InChI=1S/C18H22BNO3/c1-17(2)18(3,4)23-19(22-17)15-8-5-9-16(11-15)21-13-14-7-6-10-20-12-14/h5-12H,13H2,1-4H3. The van der Waals surface area contributed by atoms with Crippen LogP contribution in [-0.4, -0.2) is 23.3 Å². The number of hydrogen-bond donors (Lipinski definition) is 0. The van der Waals surface area contributed by atoms with Crippen molar-refractivity contribution in [1.29, 1.82) is 0 Å². The number of pyridine rings is 1. The summed E-state index contributed by atoms with van der Waals surface area (Å²) in [7, 11) is -0.373. The molecule has 120 valence electrons. The van der Waals surface area contributed by atoms with Gasteiger partial charge in [0.15, 0.2) is 0 Å². The van der Waals surface area contributed by atoms with Crippen LogP contribution in [0.2, 0.25) is 0 Å². The summed E-state index contributed by atoms with van der Waals surface area (Å²) in [5.41, 5.74) is 1.31. The Labute approximate surface area is 137 Å². The molecule has 1 fully saturated rings. The number of benzene rings is 1. The maximum Gasteiger partial charge on any atom is 0.494 e. The Kier molecular flexibility index (Phi) is 4.17. The quantitative estimate of drug-likeness (QED) is 0.814. The summed E-state index contributed by atoms with van der Waals surface area (Å²) in [5, 5.41) is 0. The van der Waals surface area contributed by atoms with Crippen molar-refractivity contribution >= 4 is 12.6 Å². The van der Waals surface area contributed by atoms with Crippen molar-refractivity contribution in [2.24, 2.45) is 0 Å². The Morgan fingerprint density at radius 3 is 2.43 bits per heavy atom. The number of hydrogen-bond acceptors (Lipinski definition) is 4. The fraction of sp³-hybridized carbons (Fsp3) is 0.389. The van der Waals surface area contributed by atoms with Crippen LogP contribution in [0.3, 0.4) is 0 Å². The highest BCUT2D eigenvalue weighted by Crippen LogP contribution is 2.36. The molecular weight excluding hydrogens is 289 g/mol. The van der Waals surface area contributed by atoms with Crippen LogP contribution in [0.1, 0.15) is 33.3 Å². The second-order valence-corrected chi connectivity index (χ2v) is 6.81. The molecule has 0 radical (unpaired) electrons. The van der Waals surface area contributed by atoms with Crippen LogP contribution in [0, 0.1) is 0 Å². The minimum atomic E-state index is -0.373. The summed E-state index contributed by atoms with van der Waals surface area (Å²) in [5.74, 6) is 0.793. The van der Waals surface area contributed by atoms with Gasteiger partial charge in [-0.2, -0.15) is 0 Å². The fourth-order valence-electron chi connectivity index (χ4n) is 2.38. The molecule has 1 aromatic carbocycles. The molecule has 1 aliphatic rings. The van der Waals surface area contributed by atoms with Crippen molar-refractivity contribution in [2.75, 3.05) is 0 Å². The lowest BCUT2D eigenvalue weighted by molar-refractivity contribution is 0.00578. The molecule has 1 aliphatic heterocycles. The van der Waals surface area contributed by atoms with Gasteiger partial charge in [-0.1, -0.05) is 18.2 Å². The van der Waals surface area contributed by atoms with Gasteiger partial charge in [-0.3, -0.25) is 4.98 Å². The van der Waals surface area contributed by atoms with Gasteiger partial charge in [0, 0.05) is 18.0 Å². The predicted molar refractivity (Wildman–Crippen MR) is 90.7 cm³/mol. The van der Waals surface area contributed by atoms with E-state index in [1.165, 1.54) is 0 Å². The van der Waals surface area contributed by atoms with Crippen LogP contribution in [0.5, 0.6) is 5.75 Å². The molecule has 0 N–H and O–H groups in total. The van der Waals surface area contributed by atoms with Crippen LogP contribution < -0.4 is 10.2 Å². The van der Waals surface area contributed by atoms with E-state index >= 15 is 0 Å². The molecule has 5 heteroatoms. The first-order valence-corrected chi connectivity index (χ1v) is 7.85. The van der Waals surface area contributed by atoms with Gasteiger partial charge in [0.2, 0.25) is 0 Å². The molecule has 0 atom stereocenters. The highest BCUT2D eigenvalue weighted by atomic mass is 16.7. The van der Waals surface area contributed by atoms with Gasteiger partial charge in [0.1, 0.15) is 12.4 Å². The second-order valence-electron chi connectivity index (χ2n) is 6.81. The predicted octanol–water partition coefficient (Wildman–Crippen LogP) is 2.96. The van der Waals surface area contributed by atoms with Crippen LogP contribution in [0.15, 0.2) is 48.8 Å². The van der Waals surface area contributed by atoms with E-state index < -0.39 is 0 Å². The van der Waals surface area contributed by atoms with Crippen molar-refractivity contribution < 1.29 is 14.0 Å². The Hall–Kier alpha value is -1.85. The SMILES string of the molecule is CC1(C)OB(c2cccc(OCc3cccnc3)c2)OC1(C)C. The smallest absolute Gasteiger partial charge is 0.489 e. The van der Waals surface area contributed by atoms with Crippen LogP contribution in [0.25, 0.3) is 0 Å². The van der Waals surface area contributed by atoms with Crippen molar-refractivity contribution in [3.8, 4) is 5.75 Å². The number of ether oxygens (including phenoxy) is 1. The van der Waals surface area contributed by atoms with E-state index in [0.29, 0.717) is 6.61 Å². The zero-order valence-electron chi connectivity index (χ0n) is 14.1. The largest absolute Gasteiger partial charge is 0.494 e. The zero-order valence-corrected chi connectivity index (χ0v) is 14.1. The first kappa shape index (κ1) is 16.0. The molecule has 0 saturated carbocycles. The topological polar surface area (TPSA) is 40.6 Å². The Morgan fingerprint density at radius 1 is 1.04 bits per heavy atom. The van der Waals surface area contributed by atoms with E-state index in [0.717, 1.165) is 16.8 Å². The lowest BCUT2D eigenvalue weighted by Crippen LogP contribution is -2.41. The van der Waals surface area contributed by atoms with Gasteiger partial charge in [-0.25, -0.2) is 0 Å². The van der Waals surface area contributed by atoms with E-state index in [1.54, 1.807) is 12.4 Å². The molecule has 0 bridgehead atoms. The zero-order chi connectivity index (χ0) is 16.5. The molecule has 2 aromatic rings. The Balaban J connectivity index is 1.71. The van der Waals surface area contributed by atoms with Gasteiger partial charge in [-0.15, -0.1) is 0 Å². The van der Waals surface area contributed by atoms with Crippen molar-refractivity contribution in [3.63, 3.8) is 0 Å². The van der Waals surface area contributed by atoms with Crippen LogP contribution in [-0.2, 0) is 15.9 Å². The molecule has 3 rings (SSSR count). The minimum Gasteiger partial charge on any atom is -0.489 e. The summed E-state index contributed by atoms with van der Waals surface area (Å²) in [4.78, 5) is 4.09. The van der Waals surface area contributed by atoms with Crippen molar-refractivity contribution in [1.82, 2.24) is 4.98 Å². The molecule has 1 aromatic heterocycles. The third-order valence-electron chi connectivity index (χ3n) is 4.51. The first-order valence-electron chi connectivity index (χ1n) is 7.85. The molecule has 0 aliphatic carbocycles. The third-order valence-corrected chi connectivity index (χ3v) is 4.51. The highest BCUT2D eigenvalue weighted by molar-refractivity contribution is 6.62. The molecule has 0 spiro atoms. The Bertz CT molecular complexity index is 657. The average Bonchev–Trinajstić information content (AvgIpc) is 2.75. The third kappa shape index (κ3) is 3.41. The summed E-state index contributed by atoms with van der Waals surface area (Å²) in [6.45, 7) is 8.69. The number of nitrogens with zero attached hydrogens (tertiary/aromatic N) is 1. The van der Waals surface area contributed by atoms with Crippen molar-refractivity contribution in [2.45, 2.75) is 45.5 Å². The minimum absolute atomic E-state index is 0.343. The molecule has 1 saturated heterocycles. The van der Waals surface area contributed by atoms with E-state index in [2.05, 4.69) is 32.7 Å². The van der Waals surface area contributed by atoms with Gasteiger partial charge >= 0.3 is 7.12 Å². The van der Waals surface area contributed by atoms with Crippen LogP contribution >= 0.6 is 0 Å². The van der Waals surface area contributed by atoms with E-state index in [-0.39, 0.29) is 18.3 Å². The van der Waals surface area contributed by atoms with Gasteiger partial charge in [0.25, 0.3) is 0 Å². The fourth-order valence-corrected chi connectivity index (χ4v) is 2.38. The molecule has 4 nitrogen and oxygen atoms in total. The van der Waals surface area contributed by atoms with E-state index in [4.69, 9.17) is 14.0 Å². The molecule has 0 unspecified atom stereocenters. The maximum absolute atomic E-state index is 6.08. The summed E-state index contributed by atoms with van der Waals surface area (Å²) in [6.07, 6.45) is 3.56. The number of aromatic nitrogens is 1. The summed E-state index contributed by atoms with van der Waals surface area (Å²) in [6, 6.07) is 11.8. The lowest BCUT2D eigenvalue weighted by atomic mass is 9.79. The first-order chi connectivity index (χ1) is 10.9. The lowest BCUT2D eigenvalue weighted by Gasteiger charge is -2.32. The monoisotopic (exact) mass is 311 g/mol. The average molecular weight is 311 g/mol. The van der Waals surface area contributed by atoms with E-state index in [9.17, 15) is 0 Å². The molecular formula is C18H22BNO3. The van der Waals surface area contributed by atoms with Crippen molar-refractivity contribution in [3.05, 3.63) is 54.4 Å². The van der Waals surface area contributed by atoms with E-state index in [1.807, 2.05) is 36.4 Å². The normalized spacial score (nSPS) is 18.9. The number of rotatable bonds is 4. The van der Waals surface area contributed by atoms with Gasteiger partial charge in [-0.05, 0) is 51.4 Å². The summed E-state index contributed by atoms with van der Waals surface area (Å²) < 4.78 is 18.0. The Morgan fingerprint density at radius 2 is 1.78 bits per heavy atom. The molecule has 2 heterocycles. The van der Waals surface area contributed by atoms with Gasteiger partial charge < -0.3 is 14.0 Å². The molecule has 23 heavy (non-hydrogen) atoms. The van der Waals surface area contributed by atoms with Gasteiger partial charge in [0.05, 0.1) is 11.2 Å². The second kappa shape index (κ2) is 5.98.